The van der Waals surface area contributed by atoms with Gasteiger partial charge in [-0.15, -0.1) is 0 Å². The molecule has 1 amide bonds. The first-order valence-corrected chi connectivity index (χ1v) is 5.73. The van der Waals surface area contributed by atoms with Gasteiger partial charge in [0.25, 0.3) is 0 Å². The molecule has 2 fully saturated rings. The maximum atomic E-state index is 12.0. The first-order valence-electron chi connectivity index (χ1n) is 5.73. The SMILES string of the molecule is CC(C)(C)OC(=O)N1[C@H]2COC[C@@H]1[C@H](N)C2. The first-order chi connectivity index (χ1) is 7.38. The molecule has 0 saturated carbocycles. The second kappa shape index (κ2) is 3.89. The van der Waals surface area contributed by atoms with Gasteiger partial charge in [0.15, 0.2) is 0 Å². The Morgan fingerprint density at radius 1 is 1.44 bits per heavy atom. The normalized spacial score (nSPS) is 34.0. The standard InChI is InChI=1S/C11H20N2O3/c1-11(2,3)16-10(14)13-7-4-8(12)9(13)6-15-5-7/h7-9H,4-6,12H2,1-3H3/t7-,8-,9-/m1/s1. The third kappa shape index (κ3) is 2.15. The summed E-state index contributed by atoms with van der Waals surface area (Å²) in [6, 6.07) is 0.0808. The van der Waals surface area contributed by atoms with Gasteiger partial charge < -0.3 is 15.2 Å². The fourth-order valence-corrected chi connectivity index (χ4v) is 2.34. The van der Waals surface area contributed by atoms with Crippen LogP contribution >= 0.6 is 0 Å². The molecule has 3 atom stereocenters. The van der Waals surface area contributed by atoms with Crippen LogP contribution in [0.3, 0.4) is 0 Å². The Kier molecular flexibility index (Phi) is 2.84. The summed E-state index contributed by atoms with van der Waals surface area (Å²) in [5.41, 5.74) is 5.52. The molecule has 2 N–H and O–H groups in total. The molecular formula is C11H20N2O3. The van der Waals surface area contributed by atoms with Crippen LogP contribution < -0.4 is 5.73 Å². The molecule has 0 spiro atoms. The van der Waals surface area contributed by atoms with E-state index in [2.05, 4.69) is 0 Å². The predicted molar refractivity (Wildman–Crippen MR) is 59.1 cm³/mol. The van der Waals surface area contributed by atoms with Gasteiger partial charge in [0.2, 0.25) is 0 Å². The number of ether oxygens (including phenoxy) is 2. The van der Waals surface area contributed by atoms with E-state index in [-0.39, 0.29) is 24.2 Å². The van der Waals surface area contributed by atoms with Crippen molar-refractivity contribution in [2.24, 2.45) is 5.73 Å². The van der Waals surface area contributed by atoms with E-state index >= 15 is 0 Å². The summed E-state index contributed by atoms with van der Waals surface area (Å²) in [7, 11) is 0. The van der Waals surface area contributed by atoms with Crippen molar-refractivity contribution in [1.82, 2.24) is 4.90 Å². The zero-order valence-electron chi connectivity index (χ0n) is 10.1. The third-order valence-corrected chi connectivity index (χ3v) is 2.99. The van der Waals surface area contributed by atoms with Crippen LogP contribution in [0.15, 0.2) is 0 Å². The number of hydrogen-bond acceptors (Lipinski definition) is 4. The Bertz CT molecular complexity index is 287. The fraction of sp³-hybridized carbons (Fsp3) is 0.909. The van der Waals surface area contributed by atoms with E-state index in [1.807, 2.05) is 20.8 Å². The van der Waals surface area contributed by atoms with Gasteiger partial charge in [-0.2, -0.15) is 0 Å². The van der Waals surface area contributed by atoms with Crippen molar-refractivity contribution in [2.75, 3.05) is 13.2 Å². The minimum absolute atomic E-state index is 0.0139. The number of carbonyl (C=O) groups is 1. The largest absolute Gasteiger partial charge is 0.444 e. The van der Waals surface area contributed by atoms with E-state index in [1.165, 1.54) is 0 Å². The zero-order valence-corrected chi connectivity index (χ0v) is 10.1. The molecule has 16 heavy (non-hydrogen) atoms. The molecule has 2 rings (SSSR count). The number of hydrogen-bond donors (Lipinski definition) is 1. The number of nitrogens with zero attached hydrogens (tertiary/aromatic N) is 1. The topological polar surface area (TPSA) is 64.8 Å². The maximum absolute atomic E-state index is 12.0. The van der Waals surface area contributed by atoms with Gasteiger partial charge in [-0.3, -0.25) is 4.90 Å². The van der Waals surface area contributed by atoms with Gasteiger partial charge in [-0.25, -0.2) is 4.79 Å². The van der Waals surface area contributed by atoms with Crippen LogP contribution in [0.25, 0.3) is 0 Å². The zero-order chi connectivity index (χ0) is 11.9. The van der Waals surface area contributed by atoms with Crippen molar-refractivity contribution in [3.8, 4) is 0 Å². The number of amides is 1. The van der Waals surface area contributed by atoms with E-state index in [0.29, 0.717) is 13.2 Å². The van der Waals surface area contributed by atoms with Crippen molar-refractivity contribution < 1.29 is 14.3 Å². The Morgan fingerprint density at radius 2 is 2.12 bits per heavy atom. The molecule has 0 aromatic heterocycles. The summed E-state index contributed by atoms with van der Waals surface area (Å²) in [6.45, 7) is 6.70. The minimum Gasteiger partial charge on any atom is -0.444 e. The highest BCUT2D eigenvalue weighted by Gasteiger charge is 2.46. The van der Waals surface area contributed by atoms with Gasteiger partial charge in [0, 0.05) is 6.04 Å². The van der Waals surface area contributed by atoms with Crippen LogP contribution in [0.5, 0.6) is 0 Å². The third-order valence-electron chi connectivity index (χ3n) is 2.99. The van der Waals surface area contributed by atoms with E-state index in [0.717, 1.165) is 6.42 Å². The molecule has 0 unspecified atom stereocenters. The van der Waals surface area contributed by atoms with Gasteiger partial charge >= 0.3 is 6.09 Å². The van der Waals surface area contributed by atoms with Crippen LogP contribution in [0.2, 0.25) is 0 Å². The van der Waals surface area contributed by atoms with Crippen LogP contribution in [0, 0.1) is 0 Å². The summed E-state index contributed by atoms with van der Waals surface area (Å²) in [6.07, 6.45) is 0.544. The quantitative estimate of drug-likeness (QED) is 0.663. The lowest BCUT2D eigenvalue weighted by Gasteiger charge is -2.36. The maximum Gasteiger partial charge on any atom is 0.411 e. The molecule has 2 heterocycles. The molecule has 5 heteroatoms. The van der Waals surface area contributed by atoms with Gasteiger partial charge in [-0.1, -0.05) is 0 Å². The van der Waals surface area contributed by atoms with E-state index in [4.69, 9.17) is 15.2 Å². The lowest BCUT2D eigenvalue weighted by Crippen LogP contribution is -2.53. The van der Waals surface area contributed by atoms with Gasteiger partial charge in [0.05, 0.1) is 25.3 Å². The molecule has 2 aliphatic heterocycles. The van der Waals surface area contributed by atoms with Crippen LogP contribution in [0.1, 0.15) is 27.2 Å². The number of rotatable bonds is 0. The lowest BCUT2D eigenvalue weighted by molar-refractivity contribution is -0.0380. The number of fused-ring (bicyclic) bond motifs is 2. The monoisotopic (exact) mass is 228 g/mol. The van der Waals surface area contributed by atoms with E-state index in [1.54, 1.807) is 4.90 Å². The van der Waals surface area contributed by atoms with Crippen molar-refractivity contribution in [3.63, 3.8) is 0 Å². The molecule has 0 aromatic rings. The smallest absolute Gasteiger partial charge is 0.411 e. The Balaban J connectivity index is 2.07. The first kappa shape index (κ1) is 11.7. The highest BCUT2D eigenvalue weighted by atomic mass is 16.6. The van der Waals surface area contributed by atoms with E-state index < -0.39 is 5.60 Å². The molecule has 0 radical (unpaired) electrons. The second-order valence-corrected chi connectivity index (χ2v) is 5.55. The van der Waals surface area contributed by atoms with Crippen molar-refractivity contribution >= 4 is 6.09 Å². The molecule has 2 aliphatic rings. The fourth-order valence-electron chi connectivity index (χ4n) is 2.34. The Morgan fingerprint density at radius 3 is 2.69 bits per heavy atom. The van der Waals surface area contributed by atoms with Crippen LogP contribution in [0.4, 0.5) is 4.79 Å². The second-order valence-electron chi connectivity index (χ2n) is 5.55. The number of carbonyl (C=O) groups excluding carboxylic acids is 1. The summed E-state index contributed by atoms with van der Waals surface area (Å²) >= 11 is 0. The summed E-state index contributed by atoms with van der Waals surface area (Å²) in [4.78, 5) is 13.8. The summed E-state index contributed by atoms with van der Waals surface area (Å²) in [5.74, 6) is 0. The Hall–Kier alpha value is -0.810. The van der Waals surface area contributed by atoms with Crippen LogP contribution in [-0.4, -0.2) is 47.9 Å². The molecule has 92 valence electrons. The van der Waals surface area contributed by atoms with Crippen LogP contribution in [-0.2, 0) is 9.47 Å². The summed E-state index contributed by atoms with van der Waals surface area (Å²) < 4.78 is 10.8. The number of nitrogens with two attached hydrogens (primary N) is 1. The van der Waals surface area contributed by atoms with Gasteiger partial charge in [-0.05, 0) is 27.2 Å². The average molecular weight is 228 g/mol. The number of morpholine rings is 1. The summed E-state index contributed by atoms with van der Waals surface area (Å²) in [5, 5.41) is 0. The lowest BCUT2D eigenvalue weighted by atomic mass is 10.1. The molecule has 2 bridgehead atoms. The molecule has 2 saturated heterocycles. The van der Waals surface area contributed by atoms with Gasteiger partial charge in [0.1, 0.15) is 5.60 Å². The highest BCUT2D eigenvalue weighted by Crippen LogP contribution is 2.29. The van der Waals surface area contributed by atoms with E-state index in [9.17, 15) is 4.79 Å². The Labute approximate surface area is 95.9 Å². The van der Waals surface area contributed by atoms with Crippen molar-refractivity contribution in [3.05, 3.63) is 0 Å². The van der Waals surface area contributed by atoms with Crippen molar-refractivity contribution in [2.45, 2.75) is 50.9 Å². The minimum atomic E-state index is -0.459. The van der Waals surface area contributed by atoms with Crippen molar-refractivity contribution in [1.29, 1.82) is 0 Å². The molecule has 5 nitrogen and oxygen atoms in total. The molecule has 0 aliphatic carbocycles. The predicted octanol–water partition coefficient (Wildman–Crippen LogP) is 0.722. The highest BCUT2D eigenvalue weighted by molar-refractivity contribution is 5.70. The molecule has 0 aromatic carbocycles. The molecular weight excluding hydrogens is 208 g/mol. The average Bonchev–Trinajstić information content (AvgIpc) is 2.31.